The molecule has 0 radical (unpaired) electrons. The van der Waals surface area contributed by atoms with Crippen molar-refractivity contribution < 1.29 is 17.7 Å². The minimum Gasteiger partial charge on any atom is -0.484 e. The highest BCUT2D eigenvalue weighted by Gasteiger charge is 2.17. The number of aromatic amines is 1. The average Bonchev–Trinajstić information content (AvgIpc) is 3.39. The van der Waals surface area contributed by atoms with Crippen LogP contribution in [0.4, 0.5) is 5.69 Å². The van der Waals surface area contributed by atoms with Crippen molar-refractivity contribution in [2.24, 2.45) is 0 Å². The van der Waals surface area contributed by atoms with Crippen LogP contribution in [0.1, 0.15) is 11.5 Å². The first-order valence-electron chi connectivity index (χ1n) is 8.64. The van der Waals surface area contributed by atoms with Gasteiger partial charge >= 0.3 is 0 Å². The molecule has 9 nitrogen and oxygen atoms in total. The van der Waals surface area contributed by atoms with Crippen molar-refractivity contribution in [2.75, 3.05) is 4.72 Å². The quantitative estimate of drug-likeness (QED) is 0.479. The van der Waals surface area contributed by atoms with Crippen LogP contribution in [0.25, 0.3) is 11.4 Å². The van der Waals surface area contributed by atoms with E-state index >= 15 is 0 Å². The first-order valence-corrected chi connectivity index (χ1v) is 10.1. The molecule has 2 aromatic carbocycles. The van der Waals surface area contributed by atoms with Gasteiger partial charge in [0.05, 0.1) is 16.8 Å². The lowest BCUT2D eigenvalue weighted by atomic mass is 10.2. The molecule has 4 aromatic rings. The number of aryl methyl sites for hydroxylation is 1. The number of nitrogens with zero attached hydrogens (tertiary/aromatic N) is 3. The van der Waals surface area contributed by atoms with E-state index in [-0.39, 0.29) is 23.2 Å². The van der Waals surface area contributed by atoms with E-state index in [0.29, 0.717) is 17.0 Å². The molecule has 0 saturated heterocycles. The highest BCUT2D eigenvalue weighted by atomic mass is 32.2. The first-order chi connectivity index (χ1) is 14.0. The van der Waals surface area contributed by atoms with E-state index in [9.17, 15) is 8.42 Å². The number of nitrogens with one attached hydrogen (secondary N) is 2. The Balaban J connectivity index is 1.49. The number of rotatable bonds is 7. The molecule has 0 atom stereocenters. The smallest absolute Gasteiger partial charge is 0.264 e. The zero-order valence-corrected chi connectivity index (χ0v) is 16.2. The molecule has 10 heteroatoms. The fourth-order valence-corrected chi connectivity index (χ4v) is 3.61. The molecule has 0 aliphatic carbocycles. The van der Waals surface area contributed by atoms with Gasteiger partial charge in [-0.05, 0) is 31.2 Å². The summed E-state index contributed by atoms with van der Waals surface area (Å²) in [5, 5.41) is 10.2. The van der Waals surface area contributed by atoms with Crippen LogP contribution < -0.4 is 9.46 Å². The molecule has 0 unspecified atom stereocenters. The van der Waals surface area contributed by atoms with Crippen molar-refractivity contribution in [2.45, 2.75) is 18.4 Å². The minimum atomic E-state index is -3.78. The second-order valence-corrected chi connectivity index (χ2v) is 7.92. The van der Waals surface area contributed by atoms with Crippen molar-refractivity contribution in [1.29, 1.82) is 0 Å². The summed E-state index contributed by atoms with van der Waals surface area (Å²) in [6, 6.07) is 13.9. The summed E-state index contributed by atoms with van der Waals surface area (Å²) < 4.78 is 38.3. The largest absolute Gasteiger partial charge is 0.484 e. The SMILES string of the molecule is Cc1ccc(OCc2nc(-c3cccc(S(=O)(=O)Nc4cn[nH]c4)c3)no2)cc1. The molecule has 0 amide bonds. The third-order valence-corrected chi connectivity index (χ3v) is 5.38. The zero-order valence-electron chi connectivity index (χ0n) is 15.4. The number of H-pyrrole nitrogens is 1. The normalized spacial score (nSPS) is 11.3. The van der Waals surface area contributed by atoms with Gasteiger partial charge in [0.2, 0.25) is 5.82 Å². The molecule has 29 heavy (non-hydrogen) atoms. The summed E-state index contributed by atoms with van der Waals surface area (Å²) in [4.78, 5) is 4.35. The molecule has 0 fully saturated rings. The lowest BCUT2D eigenvalue weighted by Crippen LogP contribution is -2.12. The third kappa shape index (κ3) is 4.43. The Kier molecular flexibility index (Phi) is 5.00. The summed E-state index contributed by atoms with van der Waals surface area (Å²) >= 11 is 0. The van der Waals surface area contributed by atoms with Gasteiger partial charge in [-0.2, -0.15) is 10.1 Å². The van der Waals surface area contributed by atoms with Gasteiger partial charge in [-0.1, -0.05) is 35.0 Å². The Morgan fingerprint density at radius 1 is 1.17 bits per heavy atom. The molecule has 0 aliphatic heterocycles. The molecule has 148 valence electrons. The van der Waals surface area contributed by atoms with Crippen molar-refractivity contribution in [3.05, 3.63) is 72.4 Å². The van der Waals surface area contributed by atoms with E-state index in [1.165, 1.54) is 24.5 Å². The second kappa shape index (κ2) is 7.76. The van der Waals surface area contributed by atoms with Gasteiger partial charge in [-0.15, -0.1) is 0 Å². The molecule has 0 aliphatic rings. The van der Waals surface area contributed by atoms with Crippen LogP contribution >= 0.6 is 0 Å². The van der Waals surface area contributed by atoms with Gasteiger partial charge in [-0.3, -0.25) is 9.82 Å². The molecule has 2 N–H and O–H groups in total. The molecule has 2 aromatic heterocycles. The maximum absolute atomic E-state index is 12.5. The molecule has 0 bridgehead atoms. The standard InChI is InChI=1S/C19H17N5O4S/c1-13-5-7-16(8-6-13)27-12-18-22-19(23-28-18)14-3-2-4-17(9-14)29(25,26)24-15-10-20-21-11-15/h2-11,24H,12H2,1H3,(H,20,21). The summed E-state index contributed by atoms with van der Waals surface area (Å²) in [7, 11) is -3.78. The number of benzene rings is 2. The highest BCUT2D eigenvalue weighted by Crippen LogP contribution is 2.22. The Labute approximate surface area is 166 Å². The Hall–Kier alpha value is -3.66. The van der Waals surface area contributed by atoms with Gasteiger partial charge in [0.15, 0.2) is 6.61 Å². The lowest BCUT2D eigenvalue weighted by molar-refractivity contribution is 0.243. The average molecular weight is 411 g/mol. The molecule has 4 rings (SSSR count). The van der Waals surface area contributed by atoms with E-state index in [0.717, 1.165) is 5.56 Å². The van der Waals surface area contributed by atoms with Crippen LogP contribution in [0.2, 0.25) is 0 Å². The number of aromatic nitrogens is 4. The predicted octanol–water partition coefficient (Wildman–Crippen LogP) is 3.15. The Bertz CT molecular complexity index is 1200. The van der Waals surface area contributed by atoms with Crippen LogP contribution in [-0.4, -0.2) is 28.8 Å². The minimum absolute atomic E-state index is 0.0680. The Morgan fingerprint density at radius 2 is 2.00 bits per heavy atom. The number of anilines is 1. The molecule has 2 heterocycles. The fraction of sp³-hybridized carbons (Fsp3) is 0.105. The van der Waals surface area contributed by atoms with E-state index in [1.54, 1.807) is 12.1 Å². The summed E-state index contributed by atoms with van der Waals surface area (Å²) in [5.74, 6) is 1.24. The maximum atomic E-state index is 12.5. The first kappa shape index (κ1) is 18.7. The van der Waals surface area contributed by atoms with Crippen LogP contribution in [0.5, 0.6) is 5.75 Å². The van der Waals surface area contributed by atoms with Crippen LogP contribution in [0.15, 0.2) is 70.3 Å². The van der Waals surface area contributed by atoms with E-state index in [4.69, 9.17) is 9.26 Å². The summed E-state index contributed by atoms with van der Waals surface area (Å²) in [6.07, 6.45) is 2.82. The molecular formula is C19H17N5O4S. The third-order valence-electron chi connectivity index (χ3n) is 4.00. The maximum Gasteiger partial charge on any atom is 0.264 e. The van der Waals surface area contributed by atoms with Crippen molar-refractivity contribution in [3.63, 3.8) is 0 Å². The second-order valence-electron chi connectivity index (χ2n) is 6.23. The molecular weight excluding hydrogens is 394 g/mol. The van der Waals surface area contributed by atoms with Crippen molar-refractivity contribution >= 4 is 15.7 Å². The monoisotopic (exact) mass is 411 g/mol. The van der Waals surface area contributed by atoms with Crippen LogP contribution in [-0.2, 0) is 16.6 Å². The molecule has 0 spiro atoms. The molecule has 0 saturated carbocycles. The van der Waals surface area contributed by atoms with Crippen LogP contribution in [0, 0.1) is 6.92 Å². The number of sulfonamides is 1. The number of hydrogen-bond acceptors (Lipinski definition) is 7. The Morgan fingerprint density at radius 3 is 2.76 bits per heavy atom. The van der Waals surface area contributed by atoms with Crippen LogP contribution in [0.3, 0.4) is 0 Å². The summed E-state index contributed by atoms with van der Waals surface area (Å²) in [6.45, 7) is 2.10. The van der Waals surface area contributed by atoms with Gasteiger partial charge in [-0.25, -0.2) is 8.42 Å². The van der Waals surface area contributed by atoms with Gasteiger partial charge in [0, 0.05) is 11.8 Å². The number of ether oxygens (including phenoxy) is 1. The predicted molar refractivity (Wildman–Crippen MR) is 105 cm³/mol. The highest BCUT2D eigenvalue weighted by molar-refractivity contribution is 7.92. The van der Waals surface area contributed by atoms with Gasteiger partial charge in [0.1, 0.15) is 5.75 Å². The van der Waals surface area contributed by atoms with E-state index in [1.807, 2.05) is 31.2 Å². The topological polar surface area (TPSA) is 123 Å². The summed E-state index contributed by atoms with van der Waals surface area (Å²) in [5.41, 5.74) is 1.98. The zero-order chi connectivity index (χ0) is 20.3. The fourth-order valence-electron chi connectivity index (χ4n) is 2.53. The number of hydrogen-bond donors (Lipinski definition) is 2. The van der Waals surface area contributed by atoms with Gasteiger partial charge in [0.25, 0.3) is 15.9 Å². The van der Waals surface area contributed by atoms with E-state index in [2.05, 4.69) is 25.1 Å². The van der Waals surface area contributed by atoms with Crippen molar-refractivity contribution in [3.8, 4) is 17.1 Å². The van der Waals surface area contributed by atoms with Gasteiger partial charge < -0.3 is 9.26 Å². The van der Waals surface area contributed by atoms with E-state index < -0.39 is 10.0 Å². The van der Waals surface area contributed by atoms with Crippen molar-refractivity contribution in [1.82, 2.24) is 20.3 Å². The lowest BCUT2D eigenvalue weighted by Gasteiger charge is -2.06.